The van der Waals surface area contributed by atoms with Gasteiger partial charge in [-0.25, -0.2) is 0 Å². The zero-order valence-corrected chi connectivity index (χ0v) is 9.86. The Morgan fingerprint density at radius 3 is 2.50 bits per heavy atom. The minimum absolute atomic E-state index is 0.583. The number of hydrogen-bond acceptors (Lipinski definition) is 3. The maximum absolute atomic E-state index is 5.76. The third kappa shape index (κ3) is 2.73. The fraction of sp³-hybridized carbons (Fsp3) is 0.615. The fourth-order valence-electron chi connectivity index (χ4n) is 2.37. The van der Waals surface area contributed by atoms with E-state index in [1.54, 1.807) is 0 Å². The summed E-state index contributed by atoms with van der Waals surface area (Å²) in [6, 6.07) is 2.10. The first-order chi connectivity index (χ1) is 7.92. The number of rotatable bonds is 2. The molecule has 1 aromatic rings. The summed E-state index contributed by atoms with van der Waals surface area (Å²) in [6.07, 6.45) is 10.5. The van der Waals surface area contributed by atoms with E-state index in [1.165, 1.54) is 43.4 Å². The molecule has 3 heteroatoms. The molecule has 0 amide bonds. The molecule has 0 aromatic carbocycles. The fourth-order valence-corrected chi connectivity index (χ4v) is 2.37. The van der Waals surface area contributed by atoms with Gasteiger partial charge in [0.2, 0.25) is 0 Å². The Morgan fingerprint density at radius 1 is 1.12 bits per heavy atom. The van der Waals surface area contributed by atoms with E-state index in [0.29, 0.717) is 6.54 Å². The predicted molar refractivity (Wildman–Crippen MR) is 67.4 cm³/mol. The van der Waals surface area contributed by atoms with Gasteiger partial charge in [0.1, 0.15) is 0 Å². The van der Waals surface area contributed by atoms with Crippen molar-refractivity contribution in [3.05, 3.63) is 24.0 Å². The minimum atomic E-state index is 0.583. The lowest BCUT2D eigenvalue weighted by atomic mass is 10.1. The third-order valence-corrected chi connectivity index (χ3v) is 3.29. The van der Waals surface area contributed by atoms with Crippen molar-refractivity contribution in [1.82, 2.24) is 4.98 Å². The molecule has 0 atom stereocenters. The Bertz CT molecular complexity index is 317. The van der Waals surface area contributed by atoms with E-state index >= 15 is 0 Å². The van der Waals surface area contributed by atoms with Crippen LogP contribution in [0.3, 0.4) is 0 Å². The van der Waals surface area contributed by atoms with Gasteiger partial charge >= 0.3 is 0 Å². The van der Waals surface area contributed by atoms with Crippen molar-refractivity contribution in [2.75, 3.05) is 18.0 Å². The van der Waals surface area contributed by atoms with Crippen LogP contribution in [0.15, 0.2) is 18.5 Å². The molecule has 16 heavy (non-hydrogen) atoms. The van der Waals surface area contributed by atoms with Crippen LogP contribution in [0.2, 0.25) is 0 Å². The van der Waals surface area contributed by atoms with E-state index in [2.05, 4.69) is 16.0 Å². The molecule has 1 aromatic heterocycles. The second kappa shape index (κ2) is 5.85. The van der Waals surface area contributed by atoms with Gasteiger partial charge in [-0.05, 0) is 18.9 Å². The molecule has 2 heterocycles. The molecule has 0 bridgehead atoms. The van der Waals surface area contributed by atoms with Crippen LogP contribution in [0.4, 0.5) is 5.69 Å². The molecule has 3 nitrogen and oxygen atoms in total. The average molecular weight is 219 g/mol. The van der Waals surface area contributed by atoms with E-state index in [1.807, 2.05) is 12.4 Å². The average Bonchev–Trinajstić information content (AvgIpc) is 2.29. The van der Waals surface area contributed by atoms with Crippen LogP contribution in [0, 0.1) is 0 Å². The summed E-state index contributed by atoms with van der Waals surface area (Å²) in [5.41, 5.74) is 8.22. The van der Waals surface area contributed by atoms with Crippen LogP contribution in [-0.4, -0.2) is 18.1 Å². The van der Waals surface area contributed by atoms with Crippen LogP contribution in [0.5, 0.6) is 0 Å². The molecule has 88 valence electrons. The summed E-state index contributed by atoms with van der Waals surface area (Å²) in [7, 11) is 0. The number of nitrogens with zero attached hydrogens (tertiary/aromatic N) is 2. The maximum atomic E-state index is 5.76. The van der Waals surface area contributed by atoms with Gasteiger partial charge in [0, 0.05) is 43.3 Å². The third-order valence-electron chi connectivity index (χ3n) is 3.29. The van der Waals surface area contributed by atoms with Gasteiger partial charge in [0.25, 0.3) is 0 Å². The topological polar surface area (TPSA) is 42.1 Å². The monoisotopic (exact) mass is 219 g/mol. The summed E-state index contributed by atoms with van der Waals surface area (Å²) in [4.78, 5) is 6.62. The molecule has 1 aliphatic heterocycles. The summed E-state index contributed by atoms with van der Waals surface area (Å²) in [5, 5.41) is 0. The number of nitrogens with two attached hydrogens (primary N) is 1. The lowest BCUT2D eigenvalue weighted by Crippen LogP contribution is -2.28. The molecular weight excluding hydrogens is 198 g/mol. The molecule has 0 aliphatic carbocycles. The maximum Gasteiger partial charge on any atom is 0.0442 e. The zero-order chi connectivity index (χ0) is 11.2. The van der Waals surface area contributed by atoms with Crippen LogP contribution >= 0.6 is 0 Å². The van der Waals surface area contributed by atoms with Crippen molar-refractivity contribution in [2.24, 2.45) is 5.73 Å². The highest BCUT2D eigenvalue weighted by molar-refractivity contribution is 5.52. The smallest absolute Gasteiger partial charge is 0.0442 e. The van der Waals surface area contributed by atoms with E-state index in [0.717, 1.165) is 13.1 Å². The Balaban J connectivity index is 2.13. The van der Waals surface area contributed by atoms with Crippen molar-refractivity contribution < 1.29 is 0 Å². The summed E-state index contributed by atoms with van der Waals surface area (Å²) in [5.74, 6) is 0. The first kappa shape index (κ1) is 11.4. The standard InChI is InChI=1S/C13H21N3/c14-10-12-11-15-7-6-13(12)16-8-4-2-1-3-5-9-16/h6-7,11H,1-5,8-10,14H2. The summed E-state index contributed by atoms with van der Waals surface area (Å²) in [6.45, 7) is 2.91. The van der Waals surface area contributed by atoms with Gasteiger partial charge in [-0.15, -0.1) is 0 Å². The van der Waals surface area contributed by atoms with E-state index < -0.39 is 0 Å². The Hall–Kier alpha value is -1.09. The molecular formula is C13H21N3. The van der Waals surface area contributed by atoms with Crippen LogP contribution < -0.4 is 10.6 Å². The molecule has 1 saturated heterocycles. The van der Waals surface area contributed by atoms with Gasteiger partial charge in [0.15, 0.2) is 0 Å². The number of aromatic nitrogens is 1. The zero-order valence-electron chi connectivity index (χ0n) is 9.86. The first-order valence-electron chi connectivity index (χ1n) is 6.29. The lowest BCUT2D eigenvalue weighted by molar-refractivity contribution is 0.555. The Morgan fingerprint density at radius 2 is 1.81 bits per heavy atom. The van der Waals surface area contributed by atoms with Gasteiger partial charge in [-0.3, -0.25) is 4.98 Å². The van der Waals surface area contributed by atoms with Crippen LogP contribution in [-0.2, 0) is 6.54 Å². The van der Waals surface area contributed by atoms with Gasteiger partial charge in [0.05, 0.1) is 0 Å². The molecule has 0 saturated carbocycles. The second-order valence-corrected chi connectivity index (χ2v) is 4.46. The molecule has 2 rings (SSSR count). The molecule has 2 N–H and O–H groups in total. The van der Waals surface area contributed by atoms with E-state index in [-0.39, 0.29) is 0 Å². The van der Waals surface area contributed by atoms with Crippen molar-refractivity contribution in [1.29, 1.82) is 0 Å². The molecule has 0 unspecified atom stereocenters. The number of hydrogen-bond donors (Lipinski definition) is 1. The first-order valence-corrected chi connectivity index (χ1v) is 6.29. The lowest BCUT2D eigenvalue weighted by Gasteiger charge is -2.28. The van der Waals surface area contributed by atoms with Crippen molar-refractivity contribution in [2.45, 2.75) is 38.6 Å². The van der Waals surface area contributed by atoms with Crippen molar-refractivity contribution in [3.63, 3.8) is 0 Å². The predicted octanol–water partition coefficient (Wildman–Crippen LogP) is 2.31. The highest BCUT2D eigenvalue weighted by atomic mass is 15.1. The molecule has 1 fully saturated rings. The van der Waals surface area contributed by atoms with Crippen LogP contribution in [0.25, 0.3) is 0 Å². The van der Waals surface area contributed by atoms with E-state index in [9.17, 15) is 0 Å². The summed E-state index contributed by atoms with van der Waals surface area (Å²) >= 11 is 0. The number of pyridine rings is 1. The van der Waals surface area contributed by atoms with Crippen molar-refractivity contribution in [3.8, 4) is 0 Å². The van der Waals surface area contributed by atoms with E-state index in [4.69, 9.17) is 5.73 Å². The largest absolute Gasteiger partial charge is 0.371 e. The Labute approximate surface area is 97.7 Å². The minimum Gasteiger partial charge on any atom is -0.371 e. The quantitative estimate of drug-likeness (QED) is 0.830. The van der Waals surface area contributed by atoms with Crippen LogP contribution in [0.1, 0.15) is 37.7 Å². The second-order valence-electron chi connectivity index (χ2n) is 4.46. The Kier molecular flexibility index (Phi) is 4.17. The summed E-state index contributed by atoms with van der Waals surface area (Å²) < 4.78 is 0. The van der Waals surface area contributed by atoms with Crippen molar-refractivity contribution >= 4 is 5.69 Å². The normalized spacial score (nSPS) is 17.9. The highest BCUT2D eigenvalue weighted by Gasteiger charge is 2.11. The van der Waals surface area contributed by atoms with Gasteiger partial charge in [-0.1, -0.05) is 19.3 Å². The highest BCUT2D eigenvalue weighted by Crippen LogP contribution is 2.22. The SMILES string of the molecule is NCc1cnccc1N1CCCCCCC1. The number of anilines is 1. The molecule has 0 spiro atoms. The molecule has 0 radical (unpaired) electrons. The molecule has 1 aliphatic rings. The van der Waals surface area contributed by atoms with Gasteiger partial charge in [-0.2, -0.15) is 0 Å². The van der Waals surface area contributed by atoms with Gasteiger partial charge < -0.3 is 10.6 Å².